The second-order valence-electron chi connectivity index (χ2n) is 4.79. The Morgan fingerprint density at radius 1 is 1.35 bits per heavy atom. The van der Waals surface area contributed by atoms with Crippen molar-refractivity contribution >= 4 is 21.4 Å². The number of nitrogens with two attached hydrogens (primary N) is 1. The first-order valence-corrected chi connectivity index (χ1v) is 8.15. The van der Waals surface area contributed by atoms with E-state index in [-0.39, 0.29) is 24.8 Å². The molecule has 1 unspecified atom stereocenters. The fourth-order valence-electron chi connectivity index (χ4n) is 2.08. The number of sulfone groups is 1. The molecule has 110 valence electrons. The number of rotatable bonds is 5. The van der Waals surface area contributed by atoms with E-state index in [1.54, 1.807) is 24.3 Å². The fraction of sp³-hybridized carbons (Fsp3) is 0.462. The van der Waals surface area contributed by atoms with Gasteiger partial charge in [-0.15, -0.1) is 0 Å². The summed E-state index contributed by atoms with van der Waals surface area (Å²) in [6, 6.07) is 6.70. The molecule has 1 aliphatic heterocycles. The highest BCUT2D eigenvalue weighted by Crippen LogP contribution is 2.19. The predicted molar refractivity (Wildman–Crippen MR) is 76.2 cm³/mol. The van der Waals surface area contributed by atoms with E-state index in [9.17, 15) is 13.2 Å². The highest BCUT2D eigenvalue weighted by Gasteiger charge is 2.31. The Morgan fingerprint density at radius 2 is 2.05 bits per heavy atom. The van der Waals surface area contributed by atoms with E-state index in [1.807, 2.05) is 0 Å². The standard InChI is InChI=1S/C13H18N2O4S/c14-10-3-5-11(6-4-10)19-9-13(16)15-8-12-2-1-7-20(12,17)18/h3-6,12H,1-2,7-9,14H2,(H,15,16). The highest BCUT2D eigenvalue weighted by molar-refractivity contribution is 7.92. The molecule has 0 aliphatic carbocycles. The monoisotopic (exact) mass is 298 g/mol. The van der Waals surface area contributed by atoms with Gasteiger partial charge in [-0.3, -0.25) is 4.79 Å². The van der Waals surface area contributed by atoms with Gasteiger partial charge in [0.1, 0.15) is 5.75 Å². The Morgan fingerprint density at radius 3 is 2.65 bits per heavy atom. The van der Waals surface area contributed by atoms with Gasteiger partial charge in [0.15, 0.2) is 16.4 Å². The number of anilines is 1. The molecule has 1 atom stereocenters. The van der Waals surface area contributed by atoms with Crippen LogP contribution in [0.25, 0.3) is 0 Å². The van der Waals surface area contributed by atoms with Gasteiger partial charge in [0, 0.05) is 12.2 Å². The second-order valence-corrected chi connectivity index (χ2v) is 7.19. The summed E-state index contributed by atoms with van der Waals surface area (Å²) in [5.74, 6) is 0.432. The molecular formula is C13H18N2O4S. The average Bonchev–Trinajstić information content (AvgIpc) is 2.74. The third kappa shape index (κ3) is 3.86. The molecule has 2 rings (SSSR count). The molecule has 6 nitrogen and oxygen atoms in total. The van der Waals surface area contributed by atoms with E-state index in [4.69, 9.17) is 10.5 Å². The van der Waals surface area contributed by atoms with Crippen LogP contribution in [-0.2, 0) is 14.6 Å². The molecule has 7 heteroatoms. The summed E-state index contributed by atoms with van der Waals surface area (Å²) in [5.41, 5.74) is 6.15. The van der Waals surface area contributed by atoms with Crippen LogP contribution in [0.5, 0.6) is 5.75 Å². The van der Waals surface area contributed by atoms with Crippen LogP contribution in [0.1, 0.15) is 12.8 Å². The fourth-order valence-corrected chi connectivity index (χ4v) is 3.84. The van der Waals surface area contributed by atoms with Gasteiger partial charge < -0.3 is 15.8 Å². The summed E-state index contributed by atoms with van der Waals surface area (Å²) < 4.78 is 28.5. The zero-order valence-electron chi connectivity index (χ0n) is 11.0. The molecule has 1 aliphatic rings. The molecule has 0 bridgehead atoms. The number of carbonyl (C=O) groups excluding carboxylic acids is 1. The van der Waals surface area contributed by atoms with Gasteiger partial charge in [-0.1, -0.05) is 0 Å². The van der Waals surface area contributed by atoms with Gasteiger partial charge in [0.05, 0.1) is 11.0 Å². The summed E-state index contributed by atoms with van der Waals surface area (Å²) in [6.45, 7) is 0.0168. The van der Waals surface area contributed by atoms with E-state index in [2.05, 4.69) is 5.32 Å². The SMILES string of the molecule is Nc1ccc(OCC(=O)NCC2CCCS2(=O)=O)cc1. The van der Waals surface area contributed by atoms with E-state index in [0.29, 0.717) is 24.3 Å². The molecule has 1 aromatic rings. The number of nitrogens with one attached hydrogen (secondary N) is 1. The maximum Gasteiger partial charge on any atom is 0.257 e. The molecule has 3 N–H and O–H groups in total. The Labute approximate surface area is 118 Å². The average molecular weight is 298 g/mol. The number of amides is 1. The summed E-state index contributed by atoms with van der Waals surface area (Å²) in [6.07, 6.45) is 1.28. The molecular weight excluding hydrogens is 280 g/mol. The van der Waals surface area contributed by atoms with Gasteiger partial charge in [-0.05, 0) is 37.1 Å². The molecule has 0 saturated carbocycles. The van der Waals surface area contributed by atoms with Gasteiger partial charge in [-0.25, -0.2) is 8.42 Å². The molecule has 0 spiro atoms. The molecule has 0 aromatic heterocycles. The lowest BCUT2D eigenvalue weighted by molar-refractivity contribution is -0.123. The van der Waals surface area contributed by atoms with E-state index in [0.717, 1.165) is 0 Å². The molecule has 1 aromatic carbocycles. The van der Waals surface area contributed by atoms with Crippen LogP contribution in [0.2, 0.25) is 0 Å². The summed E-state index contributed by atoms with van der Waals surface area (Å²) in [4.78, 5) is 11.6. The highest BCUT2D eigenvalue weighted by atomic mass is 32.2. The molecule has 0 radical (unpaired) electrons. The Bertz CT molecular complexity index is 569. The molecule has 1 saturated heterocycles. The predicted octanol–water partition coefficient (Wildman–Crippen LogP) is 0.341. The zero-order chi connectivity index (χ0) is 14.6. The van der Waals surface area contributed by atoms with Crippen molar-refractivity contribution in [3.8, 4) is 5.75 Å². The first-order valence-electron chi connectivity index (χ1n) is 6.44. The first kappa shape index (κ1) is 14.6. The minimum Gasteiger partial charge on any atom is -0.484 e. The summed E-state index contributed by atoms with van der Waals surface area (Å²) in [5, 5.41) is 2.14. The molecule has 1 fully saturated rings. The quantitative estimate of drug-likeness (QED) is 0.764. The van der Waals surface area contributed by atoms with Crippen molar-refractivity contribution in [3.63, 3.8) is 0 Å². The van der Waals surface area contributed by atoms with Gasteiger partial charge in [0.25, 0.3) is 5.91 Å². The smallest absolute Gasteiger partial charge is 0.257 e. The van der Waals surface area contributed by atoms with E-state index >= 15 is 0 Å². The number of nitrogen functional groups attached to an aromatic ring is 1. The van der Waals surface area contributed by atoms with Crippen molar-refractivity contribution in [2.45, 2.75) is 18.1 Å². The van der Waals surface area contributed by atoms with Crippen LogP contribution in [0.3, 0.4) is 0 Å². The number of hydrogen-bond acceptors (Lipinski definition) is 5. The van der Waals surface area contributed by atoms with Crippen LogP contribution in [0, 0.1) is 0 Å². The summed E-state index contributed by atoms with van der Waals surface area (Å²) in [7, 11) is -3.02. The number of carbonyl (C=O) groups is 1. The van der Waals surface area contributed by atoms with Gasteiger partial charge >= 0.3 is 0 Å². The van der Waals surface area contributed by atoms with Crippen LogP contribution in [0.15, 0.2) is 24.3 Å². The maximum atomic E-state index is 11.6. The normalized spacial score (nSPS) is 20.5. The van der Waals surface area contributed by atoms with E-state index in [1.165, 1.54) is 0 Å². The minimum absolute atomic E-state index is 0.142. The molecule has 1 amide bonds. The van der Waals surface area contributed by atoms with Crippen molar-refractivity contribution in [2.24, 2.45) is 0 Å². The number of benzene rings is 1. The topological polar surface area (TPSA) is 98.5 Å². The van der Waals surface area contributed by atoms with Gasteiger partial charge in [-0.2, -0.15) is 0 Å². The Kier molecular flexibility index (Phi) is 4.49. The maximum absolute atomic E-state index is 11.6. The molecule has 1 heterocycles. The largest absolute Gasteiger partial charge is 0.484 e. The zero-order valence-corrected chi connectivity index (χ0v) is 11.9. The van der Waals surface area contributed by atoms with Gasteiger partial charge in [0.2, 0.25) is 0 Å². The van der Waals surface area contributed by atoms with Crippen LogP contribution >= 0.6 is 0 Å². The lowest BCUT2D eigenvalue weighted by Crippen LogP contribution is -2.37. The van der Waals surface area contributed by atoms with E-state index < -0.39 is 15.1 Å². The van der Waals surface area contributed by atoms with Crippen molar-refractivity contribution < 1.29 is 17.9 Å². The van der Waals surface area contributed by atoms with Crippen molar-refractivity contribution in [1.82, 2.24) is 5.32 Å². The lowest BCUT2D eigenvalue weighted by Gasteiger charge is -2.11. The van der Waals surface area contributed by atoms with Crippen molar-refractivity contribution in [2.75, 3.05) is 24.6 Å². The third-order valence-electron chi connectivity index (χ3n) is 3.24. The third-order valence-corrected chi connectivity index (χ3v) is 5.52. The number of hydrogen-bond donors (Lipinski definition) is 2. The second kappa shape index (κ2) is 6.13. The minimum atomic E-state index is -3.02. The lowest BCUT2D eigenvalue weighted by atomic mass is 10.2. The molecule has 20 heavy (non-hydrogen) atoms. The van der Waals surface area contributed by atoms with Crippen LogP contribution in [0.4, 0.5) is 5.69 Å². The van der Waals surface area contributed by atoms with Crippen LogP contribution in [-0.4, -0.2) is 38.5 Å². The van der Waals surface area contributed by atoms with Crippen molar-refractivity contribution in [3.05, 3.63) is 24.3 Å². The Hall–Kier alpha value is -1.76. The van der Waals surface area contributed by atoms with Crippen LogP contribution < -0.4 is 15.8 Å². The summed E-state index contributed by atoms with van der Waals surface area (Å²) >= 11 is 0. The number of ether oxygens (including phenoxy) is 1. The Balaban J connectivity index is 1.74. The van der Waals surface area contributed by atoms with Crippen molar-refractivity contribution in [1.29, 1.82) is 0 Å². The first-order chi connectivity index (χ1) is 9.47.